The number of aromatic nitrogens is 1. The molecule has 1 amide bonds. The van der Waals surface area contributed by atoms with E-state index in [1.54, 1.807) is 22.9 Å². The van der Waals surface area contributed by atoms with E-state index in [9.17, 15) is 9.59 Å². The van der Waals surface area contributed by atoms with Crippen molar-refractivity contribution < 1.29 is 9.59 Å². The largest absolute Gasteiger partial charge is 0.355 e. The summed E-state index contributed by atoms with van der Waals surface area (Å²) < 4.78 is 1.79. The van der Waals surface area contributed by atoms with Gasteiger partial charge in [-0.3, -0.25) is 9.59 Å². The molecule has 2 rings (SSSR count). The van der Waals surface area contributed by atoms with Crippen LogP contribution < -0.4 is 5.32 Å². The Kier molecular flexibility index (Phi) is 4.45. The van der Waals surface area contributed by atoms with Gasteiger partial charge in [0.1, 0.15) is 6.54 Å². The lowest BCUT2D eigenvalue weighted by Gasteiger charge is -2.06. The molecule has 2 aromatic rings. The number of nitrogens with one attached hydrogen (secondary N) is 1. The van der Waals surface area contributed by atoms with Crippen LogP contribution in [-0.4, -0.2) is 22.8 Å². The van der Waals surface area contributed by atoms with Gasteiger partial charge >= 0.3 is 0 Å². The molecular weight excluding hydrogens is 276 g/mol. The third-order valence-corrected chi connectivity index (χ3v) is 3.34. The van der Waals surface area contributed by atoms with Crippen LogP contribution in [0.2, 0.25) is 5.02 Å². The zero-order valence-corrected chi connectivity index (χ0v) is 12.3. The van der Waals surface area contributed by atoms with Gasteiger partial charge in [-0.2, -0.15) is 0 Å². The molecule has 0 fully saturated rings. The fraction of sp³-hybridized carbons (Fsp3) is 0.333. The zero-order chi connectivity index (χ0) is 14.7. The summed E-state index contributed by atoms with van der Waals surface area (Å²) in [6.45, 7) is 4.37. The average Bonchev–Trinajstić information content (AvgIpc) is 2.74. The molecule has 1 N–H and O–H groups in total. The predicted octanol–water partition coefficient (Wildman–Crippen LogP) is 3.02. The number of nitrogens with zero attached hydrogens (tertiary/aromatic N) is 1. The number of benzene rings is 1. The van der Waals surface area contributed by atoms with E-state index in [4.69, 9.17) is 11.6 Å². The van der Waals surface area contributed by atoms with Gasteiger partial charge in [0.25, 0.3) is 0 Å². The lowest BCUT2D eigenvalue weighted by molar-refractivity contribution is -0.121. The molecule has 20 heavy (non-hydrogen) atoms. The van der Waals surface area contributed by atoms with Crippen LogP contribution in [0, 0.1) is 0 Å². The molecule has 0 aliphatic rings. The molecule has 0 aliphatic heterocycles. The number of carbonyl (C=O) groups excluding carboxylic acids is 2. The molecule has 0 aliphatic carbocycles. The first-order chi connectivity index (χ1) is 9.52. The maximum Gasteiger partial charge on any atom is 0.239 e. The maximum atomic E-state index is 11.8. The van der Waals surface area contributed by atoms with Crippen molar-refractivity contribution in [2.75, 3.05) is 6.54 Å². The van der Waals surface area contributed by atoms with Crippen molar-refractivity contribution in [1.82, 2.24) is 9.88 Å². The molecule has 0 saturated carbocycles. The number of fused-ring (bicyclic) bond motifs is 1. The number of hydrogen-bond donors (Lipinski definition) is 1. The SMILES string of the molecule is CCCNC(=O)Cn1cc(C(C)=O)c2cc(Cl)ccc21. The second-order valence-corrected chi connectivity index (χ2v) is 5.17. The van der Waals surface area contributed by atoms with Crippen molar-refractivity contribution in [1.29, 1.82) is 0 Å². The summed E-state index contributed by atoms with van der Waals surface area (Å²) in [6, 6.07) is 5.35. The Morgan fingerprint density at radius 1 is 1.35 bits per heavy atom. The molecule has 0 atom stereocenters. The monoisotopic (exact) mass is 292 g/mol. The molecule has 1 heterocycles. The van der Waals surface area contributed by atoms with Crippen molar-refractivity contribution >= 4 is 34.2 Å². The van der Waals surface area contributed by atoms with Crippen molar-refractivity contribution in [2.45, 2.75) is 26.8 Å². The molecular formula is C15H17ClN2O2. The number of hydrogen-bond acceptors (Lipinski definition) is 2. The lowest BCUT2D eigenvalue weighted by atomic mass is 10.1. The van der Waals surface area contributed by atoms with Crippen LogP contribution >= 0.6 is 11.6 Å². The standard InChI is InChI=1S/C15H17ClN2O2/c1-3-6-17-15(20)9-18-8-13(10(2)19)12-7-11(16)4-5-14(12)18/h4-5,7-8H,3,6,9H2,1-2H3,(H,17,20). The third kappa shape index (κ3) is 3.02. The van der Waals surface area contributed by atoms with Gasteiger partial charge in [-0.25, -0.2) is 0 Å². The van der Waals surface area contributed by atoms with E-state index in [1.165, 1.54) is 6.92 Å². The van der Waals surface area contributed by atoms with Gasteiger partial charge < -0.3 is 9.88 Å². The van der Waals surface area contributed by atoms with Gasteiger partial charge in [0.2, 0.25) is 5.91 Å². The summed E-state index contributed by atoms with van der Waals surface area (Å²) in [4.78, 5) is 23.5. The summed E-state index contributed by atoms with van der Waals surface area (Å²) in [5.74, 6) is -0.0983. The number of Topliss-reactive ketones (excluding diaryl/α,β-unsaturated/α-hetero) is 1. The van der Waals surface area contributed by atoms with Crippen molar-refractivity contribution in [3.05, 3.63) is 35.0 Å². The van der Waals surface area contributed by atoms with Gasteiger partial charge in [-0.1, -0.05) is 18.5 Å². The van der Waals surface area contributed by atoms with Crippen LogP contribution in [0.25, 0.3) is 10.9 Å². The molecule has 0 unspecified atom stereocenters. The average molecular weight is 293 g/mol. The van der Waals surface area contributed by atoms with E-state index in [0.717, 1.165) is 17.3 Å². The molecule has 0 saturated heterocycles. The fourth-order valence-electron chi connectivity index (χ4n) is 2.16. The Bertz CT molecular complexity index is 661. The number of ketones is 1. The zero-order valence-electron chi connectivity index (χ0n) is 11.6. The summed E-state index contributed by atoms with van der Waals surface area (Å²) in [6.07, 6.45) is 2.61. The van der Waals surface area contributed by atoms with Crippen LogP contribution in [0.3, 0.4) is 0 Å². The van der Waals surface area contributed by atoms with E-state index in [0.29, 0.717) is 17.1 Å². The minimum atomic E-state index is -0.0613. The second-order valence-electron chi connectivity index (χ2n) is 4.74. The molecule has 4 nitrogen and oxygen atoms in total. The van der Waals surface area contributed by atoms with Gasteiger partial charge in [-0.05, 0) is 31.5 Å². The fourth-order valence-corrected chi connectivity index (χ4v) is 2.33. The van der Waals surface area contributed by atoms with Gasteiger partial charge in [0.05, 0.1) is 0 Å². The third-order valence-electron chi connectivity index (χ3n) is 3.11. The van der Waals surface area contributed by atoms with E-state index in [1.807, 2.05) is 13.0 Å². The Hall–Kier alpha value is -1.81. The van der Waals surface area contributed by atoms with Gasteiger partial charge in [0, 0.05) is 34.2 Å². The summed E-state index contributed by atoms with van der Waals surface area (Å²) in [7, 11) is 0. The molecule has 0 bridgehead atoms. The van der Waals surface area contributed by atoms with Crippen LogP contribution in [0.4, 0.5) is 0 Å². The Labute approximate surface area is 122 Å². The van der Waals surface area contributed by atoms with Gasteiger partial charge in [0.15, 0.2) is 5.78 Å². The van der Waals surface area contributed by atoms with Crippen LogP contribution in [0.1, 0.15) is 30.6 Å². The van der Waals surface area contributed by atoms with Crippen molar-refractivity contribution in [3.8, 4) is 0 Å². The molecule has 0 radical (unpaired) electrons. The topological polar surface area (TPSA) is 51.1 Å². The molecule has 1 aromatic carbocycles. The first-order valence-electron chi connectivity index (χ1n) is 6.59. The lowest BCUT2D eigenvalue weighted by Crippen LogP contribution is -2.27. The number of amides is 1. The summed E-state index contributed by atoms with van der Waals surface area (Å²) >= 11 is 5.98. The minimum absolute atomic E-state index is 0.0371. The Balaban J connectivity index is 2.39. The van der Waals surface area contributed by atoms with Crippen LogP contribution in [0.15, 0.2) is 24.4 Å². The summed E-state index contributed by atoms with van der Waals surface area (Å²) in [5, 5.41) is 4.19. The number of rotatable bonds is 5. The maximum absolute atomic E-state index is 11.8. The van der Waals surface area contributed by atoms with E-state index >= 15 is 0 Å². The highest BCUT2D eigenvalue weighted by atomic mass is 35.5. The van der Waals surface area contributed by atoms with Crippen molar-refractivity contribution in [2.24, 2.45) is 0 Å². The quantitative estimate of drug-likeness (QED) is 0.861. The predicted molar refractivity (Wildman–Crippen MR) is 80.3 cm³/mol. The molecule has 1 aromatic heterocycles. The molecule has 106 valence electrons. The summed E-state index contributed by atoms with van der Waals surface area (Å²) in [5.41, 5.74) is 1.43. The Morgan fingerprint density at radius 2 is 2.10 bits per heavy atom. The highest BCUT2D eigenvalue weighted by Crippen LogP contribution is 2.25. The van der Waals surface area contributed by atoms with E-state index < -0.39 is 0 Å². The van der Waals surface area contributed by atoms with E-state index in [2.05, 4.69) is 5.32 Å². The van der Waals surface area contributed by atoms with Crippen LogP contribution in [0.5, 0.6) is 0 Å². The number of halogens is 1. The highest BCUT2D eigenvalue weighted by molar-refractivity contribution is 6.31. The molecule has 5 heteroatoms. The first kappa shape index (κ1) is 14.6. The second kappa shape index (κ2) is 6.09. The number of carbonyl (C=O) groups is 2. The highest BCUT2D eigenvalue weighted by Gasteiger charge is 2.14. The molecule has 0 spiro atoms. The smallest absolute Gasteiger partial charge is 0.239 e. The van der Waals surface area contributed by atoms with E-state index in [-0.39, 0.29) is 18.2 Å². The minimum Gasteiger partial charge on any atom is -0.355 e. The van der Waals surface area contributed by atoms with Crippen molar-refractivity contribution in [3.63, 3.8) is 0 Å². The van der Waals surface area contributed by atoms with Crippen LogP contribution in [-0.2, 0) is 11.3 Å². The van der Waals surface area contributed by atoms with Gasteiger partial charge in [-0.15, -0.1) is 0 Å². The first-order valence-corrected chi connectivity index (χ1v) is 6.96. The normalized spacial score (nSPS) is 10.8. The Morgan fingerprint density at radius 3 is 2.75 bits per heavy atom.